The van der Waals surface area contributed by atoms with Crippen molar-refractivity contribution in [2.75, 3.05) is 12.5 Å². The molecule has 0 bridgehead atoms. The van der Waals surface area contributed by atoms with Crippen LogP contribution >= 0.6 is 11.5 Å². The van der Waals surface area contributed by atoms with Crippen LogP contribution in [-0.2, 0) is 0 Å². The number of anilines is 1. The second kappa shape index (κ2) is 5.80. The number of benzene rings is 1. The fourth-order valence-corrected chi connectivity index (χ4v) is 1.95. The molecule has 5 nitrogen and oxygen atoms in total. The molecule has 6 heteroatoms. The summed E-state index contributed by atoms with van der Waals surface area (Å²) in [5.74, 6) is 0.319. The summed E-state index contributed by atoms with van der Waals surface area (Å²) >= 11 is 1.14. The number of hydrogen-bond donors (Lipinski definition) is 1. The minimum atomic E-state index is 0.319. The van der Waals surface area contributed by atoms with Crippen molar-refractivity contribution in [1.29, 1.82) is 5.26 Å². The van der Waals surface area contributed by atoms with E-state index in [4.69, 9.17) is 10.00 Å². The van der Waals surface area contributed by atoms with Gasteiger partial charge < -0.3 is 4.74 Å². The summed E-state index contributed by atoms with van der Waals surface area (Å²) in [6, 6.07) is 11.7. The van der Waals surface area contributed by atoms with Gasteiger partial charge in [-0.1, -0.05) is 30.3 Å². The number of ether oxygens (including phenoxy) is 1. The molecule has 2 aromatic rings. The van der Waals surface area contributed by atoms with Gasteiger partial charge in [0, 0.05) is 0 Å². The van der Waals surface area contributed by atoms with Crippen molar-refractivity contribution in [2.45, 2.75) is 0 Å². The fourth-order valence-electron chi connectivity index (χ4n) is 1.29. The van der Waals surface area contributed by atoms with Crippen LogP contribution in [0.1, 0.15) is 11.1 Å². The molecule has 0 saturated heterocycles. The lowest BCUT2D eigenvalue weighted by Gasteiger charge is -1.96. The molecule has 90 valence electrons. The average molecular weight is 258 g/mol. The van der Waals surface area contributed by atoms with Gasteiger partial charge in [-0.3, -0.25) is 5.43 Å². The number of rotatable bonds is 4. The topological polar surface area (TPSA) is 70.3 Å². The minimum Gasteiger partial charge on any atom is -0.479 e. The maximum absolute atomic E-state index is 8.98. The van der Waals surface area contributed by atoms with Crippen molar-refractivity contribution in [2.24, 2.45) is 5.10 Å². The van der Waals surface area contributed by atoms with Crippen molar-refractivity contribution in [1.82, 2.24) is 4.37 Å². The third kappa shape index (κ3) is 2.64. The van der Waals surface area contributed by atoms with Gasteiger partial charge in [0.25, 0.3) is 0 Å². The highest BCUT2D eigenvalue weighted by atomic mass is 32.1. The van der Waals surface area contributed by atoms with Gasteiger partial charge in [0.15, 0.2) is 10.6 Å². The second-order valence-electron chi connectivity index (χ2n) is 3.29. The molecule has 1 aromatic carbocycles. The van der Waals surface area contributed by atoms with E-state index in [1.54, 1.807) is 6.21 Å². The van der Waals surface area contributed by atoms with E-state index in [9.17, 15) is 0 Å². The Bertz CT molecular complexity index is 586. The Morgan fingerprint density at radius 2 is 2.22 bits per heavy atom. The number of nitriles is 1. The highest BCUT2D eigenvalue weighted by Gasteiger charge is 2.12. The van der Waals surface area contributed by atoms with E-state index in [1.807, 2.05) is 36.4 Å². The molecule has 1 aromatic heterocycles. The van der Waals surface area contributed by atoms with E-state index in [-0.39, 0.29) is 0 Å². The second-order valence-corrected chi connectivity index (χ2v) is 4.06. The summed E-state index contributed by atoms with van der Waals surface area (Å²) in [4.78, 5) is 0. The lowest BCUT2D eigenvalue weighted by atomic mass is 10.2. The Hall–Kier alpha value is -2.39. The summed E-state index contributed by atoms with van der Waals surface area (Å²) in [5, 5.41) is 13.6. The van der Waals surface area contributed by atoms with Crippen LogP contribution in [-0.4, -0.2) is 17.7 Å². The Balaban J connectivity index is 2.09. The summed E-state index contributed by atoms with van der Waals surface area (Å²) in [5.41, 5.74) is 4.13. The van der Waals surface area contributed by atoms with Crippen LogP contribution < -0.4 is 10.2 Å². The smallest absolute Gasteiger partial charge is 0.245 e. The van der Waals surface area contributed by atoms with Gasteiger partial charge in [-0.15, -0.1) is 0 Å². The molecule has 1 N–H and O–H groups in total. The SMILES string of the molecule is COc1nsc(N/N=C\c2ccccc2)c1C#N. The zero-order valence-corrected chi connectivity index (χ0v) is 10.4. The molecule has 0 fully saturated rings. The number of nitrogens with zero attached hydrogens (tertiary/aromatic N) is 3. The number of methoxy groups -OCH3 is 1. The predicted octanol–water partition coefficient (Wildman–Crippen LogP) is 2.47. The summed E-state index contributed by atoms with van der Waals surface area (Å²) < 4.78 is 8.96. The van der Waals surface area contributed by atoms with E-state index in [0.717, 1.165) is 17.1 Å². The Labute approximate surface area is 109 Å². The van der Waals surface area contributed by atoms with Gasteiger partial charge in [-0.05, 0) is 17.1 Å². The molecule has 1 heterocycles. The Morgan fingerprint density at radius 1 is 1.44 bits per heavy atom. The van der Waals surface area contributed by atoms with Gasteiger partial charge in [0.1, 0.15) is 6.07 Å². The van der Waals surface area contributed by atoms with Crippen molar-refractivity contribution >= 4 is 22.7 Å². The van der Waals surface area contributed by atoms with Crippen LogP contribution in [0.3, 0.4) is 0 Å². The first-order valence-corrected chi connectivity index (χ1v) is 5.90. The van der Waals surface area contributed by atoms with Crippen molar-refractivity contribution < 1.29 is 4.74 Å². The van der Waals surface area contributed by atoms with Crippen LogP contribution in [0, 0.1) is 11.3 Å². The molecule has 2 rings (SSSR count). The lowest BCUT2D eigenvalue weighted by molar-refractivity contribution is 0.401. The van der Waals surface area contributed by atoms with E-state index < -0.39 is 0 Å². The first-order valence-electron chi connectivity index (χ1n) is 5.13. The standard InChI is InChI=1S/C12H10N4OS/c1-17-11-10(7-13)12(18-16-11)15-14-8-9-5-3-2-4-6-9/h2-6,8,15H,1H3/b14-8-. The highest BCUT2D eigenvalue weighted by molar-refractivity contribution is 7.10. The third-order valence-corrected chi connectivity index (χ3v) is 2.88. The predicted molar refractivity (Wildman–Crippen MR) is 71.0 cm³/mol. The zero-order valence-electron chi connectivity index (χ0n) is 9.62. The van der Waals surface area contributed by atoms with E-state index in [2.05, 4.69) is 14.9 Å². The van der Waals surface area contributed by atoms with Crippen LogP contribution in [0.25, 0.3) is 0 Å². The minimum absolute atomic E-state index is 0.319. The number of hydrazone groups is 1. The molecule has 0 radical (unpaired) electrons. The normalized spacial score (nSPS) is 10.2. The van der Waals surface area contributed by atoms with Crippen molar-refractivity contribution in [3.63, 3.8) is 0 Å². The van der Waals surface area contributed by atoms with Gasteiger partial charge in [0.2, 0.25) is 5.88 Å². The average Bonchev–Trinajstić information content (AvgIpc) is 2.82. The van der Waals surface area contributed by atoms with E-state index >= 15 is 0 Å². The van der Waals surface area contributed by atoms with E-state index in [0.29, 0.717) is 16.4 Å². The molecule has 0 atom stereocenters. The third-order valence-electron chi connectivity index (χ3n) is 2.15. The van der Waals surface area contributed by atoms with Crippen LogP contribution in [0.15, 0.2) is 35.4 Å². The van der Waals surface area contributed by atoms with Crippen LogP contribution in [0.2, 0.25) is 0 Å². The summed E-state index contributed by atoms with van der Waals surface area (Å²) in [6.07, 6.45) is 1.67. The number of aromatic nitrogens is 1. The molecule has 0 spiro atoms. The molecule has 0 aliphatic heterocycles. The molecular formula is C12H10N4OS. The van der Waals surface area contributed by atoms with E-state index in [1.165, 1.54) is 7.11 Å². The molecule has 0 saturated carbocycles. The maximum Gasteiger partial charge on any atom is 0.245 e. The first kappa shape index (κ1) is 12.1. The van der Waals surface area contributed by atoms with Gasteiger partial charge in [0.05, 0.1) is 13.3 Å². The monoisotopic (exact) mass is 258 g/mol. The quantitative estimate of drug-likeness (QED) is 0.675. The molecule has 18 heavy (non-hydrogen) atoms. The highest BCUT2D eigenvalue weighted by Crippen LogP contribution is 2.29. The van der Waals surface area contributed by atoms with Crippen LogP contribution in [0.4, 0.5) is 5.00 Å². The zero-order chi connectivity index (χ0) is 12.8. The van der Waals surface area contributed by atoms with Gasteiger partial charge in [-0.2, -0.15) is 14.7 Å². The lowest BCUT2D eigenvalue weighted by Crippen LogP contribution is -1.91. The number of hydrogen-bond acceptors (Lipinski definition) is 6. The largest absolute Gasteiger partial charge is 0.479 e. The fraction of sp³-hybridized carbons (Fsp3) is 0.0833. The Kier molecular flexibility index (Phi) is 3.89. The summed E-state index contributed by atoms with van der Waals surface area (Å²) in [6.45, 7) is 0. The molecule has 0 aliphatic rings. The van der Waals surface area contributed by atoms with Crippen LogP contribution in [0.5, 0.6) is 5.88 Å². The Morgan fingerprint density at radius 3 is 2.89 bits per heavy atom. The number of nitrogens with one attached hydrogen (secondary N) is 1. The molecular weight excluding hydrogens is 248 g/mol. The summed E-state index contributed by atoms with van der Waals surface area (Å²) in [7, 11) is 1.48. The van der Waals surface area contributed by atoms with Crippen molar-refractivity contribution in [3.8, 4) is 11.9 Å². The molecule has 0 aliphatic carbocycles. The van der Waals surface area contributed by atoms with Gasteiger partial charge in [-0.25, -0.2) is 0 Å². The molecule has 0 unspecified atom stereocenters. The molecule has 0 amide bonds. The van der Waals surface area contributed by atoms with Gasteiger partial charge >= 0.3 is 0 Å². The first-order chi connectivity index (χ1) is 8.85. The maximum atomic E-state index is 8.98. The van der Waals surface area contributed by atoms with Crippen molar-refractivity contribution in [3.05, 3.63) is 41.5 Å².